The monoisotopic (exact) mass is 296 g/mol. The summed E-state index contributed by atoms with van der Waals surface area (Å²) >= 11 is 0. The molecule has 20 heavy (non-hydrogen) atoms. The standard InChI is InChI=1S/C15H24N2O2S/c1-10-7-12(9-16)8-14(11(10)2)20(18,19)17-15(3,4)13-5-6-13/h7-8,13,17H,5-6,9,16H2,1-4H3. The number of nitrogens with one attached hydrogen (secondary N) is 1. The van der Waals surface area contributed by atoms with Crippen LogP contribution in [0.5, 0.6) is 0 Å². The van der Waals surface area contributed by atoms with E-state index < -0.39 is 15.6 Å². The normalized spacial score (nSPS) is 16.4. The molecule has 3 N–H and O–H groups in total. The van der Waals surface area contributed by atoms with Crippen molar-refractivity contribution in [2.45, 2.75) is 57.5 Å². The Morgan fingerprint density at radius 3 is 2.40 bits per heavy atom. The molecule has 1 aliphatic rings. The highest BCUT2D eigenvalue weighted by molar-refractivity contribution is 7.89. The summed E-state index contributed by atoms with van der Waals surface area (Å²) in [4.78, 5) is 0.353. The zero-order valence-electron chi connectivity index (χ0n) is 12.7. The Morgan fingerprint density at radius 2 is 1.90 bits per heavy atom. The highest BCUT2D eigenvalue weighted by atomic mass is 32.2. The second kappa shape index (κ2) is 5.13. The van der Waals surface area contributed by atoms with Crippen molar-refractivity contribution < 1.29 is 8.42 Å². The summed E-state index contributed by atoms with van der Waals surface area (Å²) in [7, 11) is -3.51. The first-order valence-electron chi connectivity index (χ1n) is 7.01. The lowest BCUT2D eigenvalue weighted by Crippen LogP contribution is -2.45. The molecule has 4 nitrogen and oxygen atoms in total. The molecule has 1 aromatic carbocycles. The maximum absolute atomic E-state index is 12.7. The largest absolute Gasteiger partial charge is 0.326 e. The molecule has 1 fully saturated rings. The Labute approximate surface area is 121 Å². The van der Waals surface area contributed by atoms with Crippen LogP contribution in [0.4, 0.5) is 0 Å². The fourth-order valence-electron chi connectivity index (χ4n) is 2.59. The van der Waals surface area contributed by atoms with Crippen LogP contribution in [0.15, 0.2) is 17.0 Å². The molecule has 1 aromatic rings. The van der Waals surface area contributed by atoms with Gasteiger partial charge in [-0.3, -0.25) is 0 Å². The fourth-order valence-corrected chi connectivity index (χ4v) is 4.43. The molecule has 0 amide bonds. The lowest BCUT2D eigenvalue weighted by Gasteiger charge is -2.26. The van der Waals surface area contributed by atoms with E-state index in [1.807, 2.05) is 33.8 Å². The first-order valence-corrected chi connectivity index (χ1v) is 8.50. The molecule has 0 aromatic heterocycles. The van der Waals surface area contributed by atoms with E-state index in [0.717, 1.165) is 29.5 Å². The first kappa shape index (κ1) is 15.5. The first-order chi connectivity index (χ1) is 9.17. The highest BCUT2D eigenvalue weighted by Gasteiger charge is 2.40. The maximum atomic E-state index is 12.7. The number of hydrogen-bond donors (Lipinski definition) is 2. The quantitative estimate of drug-likeness (QED) is 0.875. The summed E-state index contributed by atoms with van der Waals surface area (Å²) in [6, 6.07) is 3.63. The van der Waals surface area contributed by atoms with Crippen LogP contribution in [0, 0.1) is 19.8 Å². The molecule has 2 rings (SSSR count). The van der Waals surface area contributed by atoms with Crippen LogP contribution in [0.1, 0.15) is 43.4 Å². The van der Waals surface area contributed by atoms with Gasteiger partial charge < -0.3 is 5.73 Å². The summed E-state index contributed by atoms with van der Waals surface area (Å²) < 4.78 is 28.2. The highest BCUT2D eigenvalue weighted by Crippen LogP contribution is 2.40. The Morgan fingerprint density at radius 1 is 1.30 bits per heavy atom. The molecule has 0 bridgehead atoms. The Balaban J connectivity index is 2.41. The predicted molar refractivity (Wildman–Crippen MR) is 80.9 cm³/mol. The summed E-state index contributed by atoms with van der Waals surface area (Å²) in [6.45, 7) is 8.01. The Bertz CT molecular complexity index is 617. The van der Waals surface area contributed by atoms with Crippen molar-refractivity contribution in [2.24, 2.45) is 11.7 Å². The van der Waals surface area contributed by atoms with Gasteiger partial charge in [-0.05, 0) is 69.2 Å². The molecular weight excluding hydrogens is 272 g/mol. The van der Waals surface area contributed by atoms with Crippen molar-refractivity contribution in [3.63, 3.8) is 0 Å². The topological polar surface area (TPSA) is 72.2 Å². The molecule has 0 saturated heterocycles. The molecule has 0 radical (unpaired) electrons. The zero-order valence-corrected chi connectivity index (χ0v) is 13.5. The van der Waals surface area contributed by atoms with Crippen molar-refractivity contribution >= 4 is 10.0 Å². The van der Waals surface area contributed by atoms with Crippen molar-refractivity contribution in [3.05, 3.63) is 28.8 Å². The molecule has 0 spiro atoms. The average Bonchev–Trinajstić information content (AvgIpc) is 3.15. The summed E-state index contributed by atoms with van der Waals surface area (Å²) in [6.07, 6.45) is 2.19. The number of nitrogens with two attached hydrogens (primary N) is 1. The lowest BCUT2D eigenvalue weighted by molar-refractivity contribution is 0.400. The van der Waals surface area contributed by atoms with Gasteiger partial charge in [-0.25, -0.2) is 13.1 Å². The summed E-state index contributed by atoms with van der Waals surface area (Å²) in [5, 5.41) is 0. The molecule has 5 heteroatoms. The minimum atomic E-state index is -3.51. The van der Waals surface area contributed by atoms with E-state index in [1.165, 1.54) is 0 Å². The van der Waals surface area contributed by atoms with Crippen LogP contribution in [0.2, 0.25) is 0 Å². The molecule has 1 aliphatic carbocycles. The van der Waals surface area contributed by atoms with Crippen LogP contribution >= 0.6 is 0 Å². The van der Waals surface area contributed by atoms with Gasteiger partial charge >= 0.3 is 0 Å². The van der Waals surface area contributed by atoms with Crippen LogP contribution in [0.3, 0.4) is 0 Å². The third kappa shape index (κ3) is 3.05. The smallest absolute Gasteiger partial charge is 0.241 e. The third-order valence-electron chi connectivity index (χ3n) is 4.20. The molecule has 0 unspecified atom stereocenters. The number of rotatable bonds is 5. The number of sulfonamides is 1. The van der Waals surface area contributed by atoms with Gasteiger partial charge in [0.25, 0.3) is 0 Å². The predicted octanol–water partition coefficient (Wildman–Crippen LogP) is 2.23. The van der Waals surface area contributed by atoms with Crippen LogP contribution in [-0.2, 0) is 16.6 Å². The lowest BCUT2D eigenvalue weighted by atomic mass is 10.0. The second-order valence-electron chi connectivity index (χ2n) is 6.34. The fraction of sp³-hybridized carbons (Fsp3) is 0.600. The van der Waals surface area contributed by atoms with E-state index in [9.17, 15) is 8.42 Å². The molecular formula is C15H24N2O2S. The molecule has 0 atom stereocenters. The molecule has 112 valence electrons. The molecule has 0 heterocycles. The number of benzene rings is 1. The SMILES string of the molecule is Cc1cc(CN)cc(S(=O)(=O)NC(C)(C)C2CC2)c1C. The van der Waals surface area contributed by atoms with Gasteiger partial charge in [0, 0.05) is 12.1 Å². The summed E-state index contributed by atoms with van der Waals surface area (Å²) in [5.74, 6) is 0.441. The van der Waals surface area contributed by atoms with E-state index in [-0.39, 0.29) is 0 Å². The maximum Gasteiger partial charge on any atom is 0.241 e. The molecule has 0 aliphatic heterocycles. The average molecular weight is 296 g/mol. The van der Waals surface area contributed by atoms with Gasteiger partial charge in [0.2, 0.25) is 10.0 Å². The third-order valence-corrected chi connectivity index (χ3v) is 6.00. The van der Waals surface area contributed by atoms with Crippen LogP contribution < -0.4 is 10.5 Å². The van der Waals surface area contributed by atoms with E-state index in [0.29, 0.717) is 17.4 Å². The zero-order chi connectivity index (χ0) is 15.1. The van der Waals surface area contributed by atoms with Gasteiger partial charge in [0.15, 0.2) is 0 Å². The number of hydrogen-bond acceptors (Lipinski definition) is 3. The van der Waals surface area contributed by atoms with Gasteiger partial charge in [-0.15, -0.1) is 0 Å². The van der Waals surface area contributed by atoms with E-state index in [4.69, 9.17) is 5.73 Å². The van der Waals surface area contributed by atoms with Crippen molar-refractivity contribution in [1.82, 2.24) is 4.72 Å². The van der Waals surface area contributed by atoms with Gasteiger partial charge in [-0.1, -0.05) is 6.07 Å². The minimum Gasteiger partial charge on any atom is -0.326 e. The van der Waals surface area contributed by atoms with Gasteiger partial charge in [-0.2, -0.15) is 0 Å². The van der Waals surface area contributed by atoms with Crippen molar-refractivity contribution in [2.75, 3.05) is 0 Å². The van der Waals surface area contributed by atoms with Gasteiger partial charge in [0.1, 0.15) is 0 Å². The Kier molecular flexibility index (Phi) is 3.97. The van der Waals surface area contributed by atoms with E-state index in [2.05, 4.69) is 4.72 Å². The number of aryl methyl sites for hydroxylation is 1. The van der Waals surface area contributed by atoms with Crippen LogP contribution in [-0.4, -0.2) is 14.0 Å². The summed E-state index contributed by atoms with van der Waals surface area (Å²) in [5.41, 5.74) is 7.85. The Hall–Kier alpha value is -0.910. The van der Waals surface area contributed by atoms with Crippen molar-refractivity contribution in [3.8, 4) is 0 Å². The van der Waals surface area contributed by atoms with Crippen molar-refractivity contribution in [1.29, 1.82) is 0 Å². The van der Waals surface area contributed by atoms with E-state index in [1.54, 1.807) is 6.07 Å². The van der Waals surface area contributed by atoms with E-state index >= 15 is 0 Å². The second-order valence-corrected chi connectivity index (χ2v) is 7.99. The molecule has 1 saturated carbocycles. The van der Waals surface area contributed by atoms with Crippen LogP contribution in [0.25, 0.3) is 0 Å². The minimum absolute atomic E-state index is 0.343. The van der Waals surface area contributed by atoms with Gasteiger partial charge in [0.05, 0.1) is 4.90 Å².